The lowest BCUT2D eigenvalue weighted by Gasteiger charge is -2.19. The van der Waals surface area contributed by atoms with Gasteiger partial charge in [-0.25, -0.2) is 4.79 Å². The highest BCUT2D eigenvalue weighted by Crippen LogP contribution is 2.29. The van der Waals surface area contributed by atoms with E-state index >= 15 is 0 Å². The molecule has 23 heavy (non-hydrogen) atoms. The Balaban J connectivity index is 1.63. The highest BCUT2D eigenvalue weighted by Gasteiger charge is 2.13. The van der Waals surface area contributed by atoms with E-state index in [-0.39, 0.29) is 6.03 Å². The van der Waals surface area contributed by atoms with Gasteiger partial charge in [-0.1, -0.05) is 12.1 Å². The van der Waals surface area contributed by atoms with Crippen LogP contribution in [0.15, 0.2) is 18.2 Å². The lowest BCUT2D eigenvalue weighted by Crippen LogP contribution is -2.38. The van der Waals surface area contributed by atoms with Crippen molar-refractivity contribution in [1.82, 2.24) is 15.5 Å². The molecule has 0 saturated heterocycles. The van der Waals surface area contributed by atoms with Crippen LogP contribution in [0.1, 0.15) is 30.4 Å². The van der Waals surface area contributed by atoms with E-state index in [0.717, 1.165) is 31.6 Å². The van der Waals surface area contributed by atoms with E-state index in [2.05, 4.69) is 27.7 Å². The molecule has 0 unspecified atom stereocenters. The molecule has 1 aliphatic rings. The molecule has 0 fully saturated rings. The molecule has 0 spiro atoms. The van der Waals surface area contributed by atoms with Crippen LogP contribution >= 0.6 is 0 Å². The van der Waals surface area contributed by atoms with Crippen LogP contribution in [0.4, 0.5) is 4.79 Å². The number of benzene rings is 1. The molecule has 0 heterocycles. The number of carbonyl (C=O) groups is 1. The van der Waals surface area contributed by atoms with Gasteiger partial charge >= 0.3 is 6.03 Å². The Kier molecular flexibility index (Phi) is 7.20. The van der Waals surface area contributed by atoms with Crippen LogP contribution in [0.25, 0.3) is 0 Å². The Hall–Kier alpha value is -1.75. The number of urea groups is 1. The number of ether oxygens (including phenoxy) is 1. The van der Waals surface area contributed by atoms with Gasteiger partial charge in [-0.05, 0) is 69.9 Å². The van der Waals surface area contributed by atoms with Crippen LogP contribution in [-0.4, -0.2) is 51.3 Å². The maximum absolute atomic E-state index is 11.6. The second-order valence-electron chi connectivity index (χ2n) is 6.29. The molecular formula is C18H29N3O2. The minimum absolute atomic E-state index is 0.123. The molecule has 1 aliphatic carbocycles. The Morgan fingerprint density at radius 1 is 1.17 bits per heavy atom. The summed E-state index contributed by atoms with van der Waals surface area (Å²) in [4.78, 5) is 13.7. The summed E-state index contributed by atoms with van der Waals surface area (Å²) >= 11 is 0. The molecule has 2 rings (SSSR count). The smallest absolute Gasteiger partial charge is 0.314 e. The lowest BCUT2D eigenvalue weighted by molar-refractivity contribution is 0.235. The number of rotatable bonds is 8. The van der Waals surface area contributed by atoms with Crippen molar-refractivity contribution in [2.45, 2.75) is 32.1 Å². The third kappa shape index (κ3) is 6.10. The predicted molar refractivity (Wildman–Crippen MR) is 93.2 cm³/mol. The molecule has 2 N–H and O–H groups in total. The fourth-order valence-electron chi connectivity index (χ4n) is 2.87. The molecule has 128 valence electrons. The number of fused-ring (bicyclic) bond motifs is 1. The average Bonchev–Trinajstić information content (AvgIpc) is 2.55. The second kappa shape index (κ2) is 9.40. The zero-order valence-electron chi connectivity index (χ0n) is 14.4. The number of aryl methyl sites for hydroxylation is 1. The van der Waals surface area contributed by atoms with Crippen molar-refractivity contribution in [3.05, 3.63) is 29.3 Å². The van der Waals surface area contributed by atoms with Crippen molar-refractivity contribution < 1.29 is 9.53 Å². The monoisotopic (exact) mass is 319 g/mol. The van der Waals surface area contributed by atoms with Gasteiger partial charge in [0.2, 0.25) is 0 Å². The number of amides is 2. The Bertz CT molecular complexity index is 503. The van der Waals surface area contributed by atoms with Crippen LogP contribution < -0.4 is 15.4 Å². The van der Waals surface area contributed by atoms with Gasteiger partial charge in [-0.3, -0.25) is 0 Å². The van der Waals surface area contributed by atoms with E-state index in [1.165, 1.54) is 24.0 Å². The molecule has 5 heteroatoms. The predicted octanol–water partition coefficient (Wildman–Crippen LogP) is 2.20. The zero-order chi connectivity index (χ0) is 16.5. The quantitative estimate of drug-likeness (QED) is 0.722. The van der Waals surface area contributed by atoms with Crippen LogP contribution in [0.2, 0.25) is 0 Å². The second-order valence-corrected chi connectivity index (χ2v) is 6.29. The van der Waals surface area contributed by atoms with E-state index in [0.29, 0.717) is 19.7 Å². The summed E-state index contributed by atoms with van der Waals surface area (Å²) in [6, 6.07) is 6.17. The fraction of sp³-hybridized carbons (Fsp3) is 0.611. The molecular weight excluding hydrogens is 290 g/mol. The molecule has 0 aliphatic heterocycles. The zero-order valence-corrected chi connectivity index (χ0v) is 14.4. The highest BCUT2D eigenvalue weighted by atomic mass is 16.5. The summed E-state index contributed by atoms with van der Waals surface area (Å²) < 4.78 is 5.86. The van der Waals surface area contributed by atoms with Crippen molar-refractivity contribution in [3.8, 4) is 5.75 Å². The van der Waals surface area contributed by atoms with Crippen molar-refractivity contribution in [1.29, 1.82) is 0 Å². The molecule has 0 saturated carbocycles. The first-order chi connectivity index (χ1) is 11.2. The number of nitrogens with one attached hydrogen (secondary N) is 2. The summed E-state index contributed by atoms with van der Waals surface area (Å²) in [5.74, 6) is 0.982. The molecule has 5 nitrogen and oxygen atoms in total. The minimum atomic E-state index is -0.123. The first-order valence-corrected chi connectivity index (χ1v) is 8.57. The van der Waals surface area contributed by atoms with Crippen molar-refractivity contribution in [2.75, 3.05) is 40.3 Å². The van der Waals surface area contributed by atoms with Gasteiger partial charge in [0.15, 0.2) is 0 Å². The summed E-state index contributed by atoms with van der Waals surface area (Å²) in [6.45, 7) is 2.68. The Morgan fingerprint density at radius 3 is 2.78 bits per heavy atom. The van der Waals surface area contributed by atoms with Crippen LogP contribution in [0.5, 0.6) is 5.75 Å². The number of carbonyl (C=O) groups excluding carboxylic acids is 1. The first kappa shape index (κ1) is 17.6. The largest absolute Gasteiger partial charge is 0.491 e. The van der Waals surface area contributed by atoms with Gasteiger partial charge in [-0.2, -0.15) is 0 Å². The van der Waals surface area contributed by atoms with E-state index < -0.39 is 0 Å². The Morgan fingerprint density at radius 2 is 1.96 bits per heavy atom. The van der Waals surface area contributed by atoms with Gasteiger partial charge in [-0.15, -0.1) is 0 Å². The van der Waals surface area contributed by atoms with Crippen molar-refractivity contribution in [2.24, 2.45) is 0 Å². The minimum Gasteiger partial charge on any atom is -0.491 e. The van der Waals surface area contributed by atoms with Gasteiger partial charge in [0, 0.05) is 6.54 Å². The van der Waals surface area contributed by atoms with E-state index in [9.17, 15) is 4.79 Å². The van der Waals surface area contributed by atoms with E-state index in [4.69, 9.17) is 4.74 Å². The topological polar surface area (TPSA) is 53.6 Å². The number of hydrogen-bond acceptors (Lipinski definition) is 3. The van der Waals surface area contributed by atoms with E-state index in [1.54, 1.807) is 0 Å². The normalized spacial score (nSPS) is 13.5. The van der Waals surface area contributed by atoms with Crippen molar-refractivity contribution >= 4 is 6.03 Å². The molecule has 0 aromatic heterocycles. The fourth-order valence-corrected chi connectivity index (χ4v) is 2.87. The van der Waals surface area contributed by atoms with Gasteiger partial charge in [0.1, 0.15) is 12.4 Å². The maximum atomic E-state index is 11.6. The average molecular weight is 319 g/mol. The van der Waals surface area contributed by atoms with Gasteiger partial charge in [0.05, 0.1) is 6.54 Å². The molecule has 1 aromatic carbocycles. The SMILES string of the molecule is CN(C)CCCNC(=O)NCCOc1cccc2c1CCCC2. The summed E-state index contributed by atoms with van der Waals surface area (Å²) in [5.41, 5.74) is 2.77. The van der Waals surface area contributed by atoms with Crippen LogP contribution in [0.3, 0.4) is 0 Å². The lowest BCUT2D eigenvalue weighted by atomic mass is 9.91. The molecule has 1 aromatic rings. The summed E-state index contributed by atoms with van der Waals surface area (Å²) in [7, 11) is 4.05. The molecule has 0 radical (unpaired) electrons. The van der Waals surface area contributed by atoms with Gasteiger partial charge in [0.25, 0.3) is 0 Å². The maximum Gasteiger partial charge on any atom is 0.314 e. The standard InChI is InChI=1S/C18H29N3O2/c1-21(2)13-6-11-19-18(22)20-12-14-23-17-10-5-8-15-7-3-4-9-16(15)17/h5,8,10H,3-4,6-7,9,11-14H2,1-2H3,(H2,19,20,22). The number of hydrogen-bond donors (Lipinski definition) is 2. The third-order valence-electron chi connectivity index (χ3n) is 4.07. The Labute approximate surface area is 139 Å². The molecule has 2 amide bonds. The highest BCUT2D eigenvalue weighted by molar-refractivity contribution is 5.73. The van der Waals surface area contributed by atoms with Crippen LogP contribution in [0, 0.1) is 0 Å². The molecule has 0 bridgehead atoms. The third-order valence-corrected chi connectivity index (χ3v) is 4.07. The van der Waals surface area contributed by atoms with Crippen LogP contribution in [-0.2, 0) is 12.8 Å². The first-order valence-electron chi connectivity index (χ1n) is 8.57. The van der Waals surface area contributed by atoms with Crippen molar-refractivity contribution in [3.63, 3.8) is 0 Å². The summed E-state index contributed by atoms with van der Waals surface area (Å²) in [6.07, 6.45) is 5.71. The number of nitrogens with zero attached hydrogens (tertiary/aromatic N) is 1. The van der Waals surface area contributed by atoms with Gasteiger partial charge < -0.3 is 20.3 Å². The summed E-state index contributed by atoms with van der Waals surface area (Å²) in [5, 5.41) is 5.69. The molecule has 0 atom stereocenters. The van der Waals surface area contributed by atoms with E-state index in [1.807, 2.05) is 20.2 Å².